The molecule has 32 heavy (non-hydrogen) atoms. The number of carbonyl (C=O) groups is 1. The largest absolute Gasteiger partial charge is 0.489 e. The molecule has 0 radical (unpaired) electrons. The quantitative estimate of drug-likeness (QED) is 0.545. The van der Waals surface area contributed by atoms with E-state index < -0.39 is 6.09 Å². The molecule has 2 aromatic rings. The highest BCUT2D eigenvalue weighted by atomic mass is 35.5. The average Bonchev–Trinajstić information content (AvgIpc) is 3.38. The van der Waals surface area contributed by atoms with Crippen molar-refractivity contribution in [2.75, 3.05) is 26.7 Å². The van der Waals surface area contributed by atoms with Crippen molar-refractivity contribution in [2.24, 2.45) is 5.92 Å². The molecule has 174 valence electrons. The number of likely N-dealkylation sites (tertiary alicyclic amines) is 1. The second kappa shape index (κ2) is 10.1. The molecule has 2 fully saturated rings. The van der Waals surface area contributed by atoms with Crippen molar-refractivity contribution in [2.45, 2.75) is 58.6 Å². The lowest BCUT2D eigenvalue weighted by Gasteiger charge is -2.37. The highest BCUT2D eigenvalue weighted by Gasteiger charge is 2.33. The van der Waals surface area contributed by atoms with Crippen LogP contribution in [-0.2, 0) is 13.0 Å². The molecule has 1 aliphatic heterocycles. The normalized spacial score (nSPS) is 20.8. The molecule has 1 saturated heterocycles. The summed E-state index contributed by atoms with van der Waals surface area (Å²) < 4.78 is 17.0. The molecular weight excluding hydrogens is 430 g/mol. The molecule has 4 rings (SSSR count). The van der Waals surface area contributed by atoms with Crippen LogP contribution in [0.25, 0.3) is 0 Å². The fraction of sp³-hybridized carbons (Fsp3) is 0.583. The van der Waals surface area contributed by atoms with Crippen LogP contribution in [0, 0.1) is 12.8 Å². The number of rotatable bonds is 8. The Balaban J connectivity index is 1.23. The minimum absolute atomic E-state index is 0.118. The van der Waals surface area contributed by atoms with Crippen LogP contribution in [0.3, 0.4) is 0 Å². The van der Waals surface area contributed by atoms with Gasteiger partial charge in [0.1, 0.15) is 11.4 Å². The van der Waals surface area contributed by atoms with Crippen LogP contribution in [0.5, 0.6) is 11.7 Å². The zero-order valence-electron chi connectivity index (χ0n) is 19.1. The number of amides is 1. The van der Waals surface area contributed by atoms with Crippen LogP contribution in [0.2, 0.25) is 5.02 Å². The number of aromatic nitrogens is 1. The maximum atomic E-state index is 12.4. The Labute approximate surface area is 194 Å². The molecule has 8 heteroatoms. The number of hydrogen-bond acceptors (Lipinski definition) is 6. The van der Waals surface area contributed by atoms with E-state index in [-0.39, 0.29) is 12.1 Å². The van der Waals surface area contributed by atoms with Gasteiger partial charge >= 0.3 is 12.0 Å². The van der Waals surface area contributed by atoms with E-state index in [1.165, 1.54) is 12.8 Å². The molecule has 1 aromatic heterocycles. The minimum atomic E-state index is -0.436. The van der Waals surface area contributed by atoms with Gasteiger partial charge < -0.3 is 18.8 Å². The summed E-state index contributed by atoms with van der Waals surface area (Å²) in [5.41, 5.74) is 1.71. The first-order chi connectivity index (χ1) is 15.4. The molecule has 2 heterocycles. The molecule has 1 amide bonds. The first-order valence-corrected chi connectivity index (χ1v) is 11.9. The van der Waals surface area contributed by atoms with Gasteiger partial charge in [-0.2, -0.15) is 0 Å². The summed E-state index contributed by atoms with van der Waals surface area (Å²) in [6, 6.07) is 6.04. The number of ether oxygens (including phenoxy) is 2. The van der Waals surface area contributed by atoms with Crippen molar-refractivity contribution >= 4 is 17.7 Å². The number of oxazole rings is 1. The van der Waals surface area contributed by atoms with Gasteiger partial charge in [0.15, 0.2) is 5.89 Å². The van der Waals surface area contributed by atoms with E-state index in [0.717, 1.165) is 48.8 Å². The number of hydrogen-bond donors (Lipinski definition) is 0. The summed E-state index contributed by atoms with van der Waals surface area (Å²) in [6.45, 7) is 7.46. The number of nitrogens with zero attached hydrogens (tertiary/aromatic N) is 3. The van der Waals surface area contributed by atoms with Crippen molar-refractivity contribution in [3.8, 4) is 11.7 Å². The molecule has 1 saturated carbocycles. The molecule has 0 unspecified atom stereocenters. The van der Waals surface area contributed by atoms with Crippen LogP contribution in [0.1, 0.15) is 49.8 Å². The number of benzene rings is 1. The maximum absolute atomic E-state index is 12.4. The Kier molecular flexibility index (Phi) is 7.26. The van der Waals surface area contributed by atoms with Gasteiger partial charge in [-0.15, -0.1) is 0 Å². The van der Waals surface area contributed by atoms with Crippen molar-refractivity contribution in [1.29, 1.82) is 0 Å². The minimum Gasteiger partial charge on any atom is -0.489 e. The van der Waals surface area contributed by atoms with Gasteiger partial charge in [-0.3, -0.25) is 4.90 Å². The Morgan fingerprint density at radius 2 is 2.06 bits per heavy atom. The van der Waals surface area contributed by atoms with E-state index in [1.54, 1.807) is 18.9 Å². The molecule has 0 bridgehead atoms. The molecule has 0 atom stereocenters. The van der Waals surface area contributed by atoms with Crippen LogP contribution in [-0.4, -0.2) is 53.7 Å². The zero-order valence-corrected chi connectivity index (χ0v) is 19.9. The summed E-state index contributed by atoms with van der Waals surface area (Å²) in [5.74, 6) is 1.87. The highest BCUT2D eigenvalue weighted by molar-refractivity contribution is 6.32. The summed E-state index contributed by atoms with van der Waals surface area (Å²) in [6.07, 6.45) is 4.62. The maximum Gasteiger partial charge on any atom is 0.417 e. The number of aryl methyl sites for hydroxylation is 2. The van der Waals surface area contributed by atoms with Gasteiger partial charge in [-0.1, -0.05) is 30.7 Å². The van der Waals surface area contributed by atoms with Crippen LogP contribution < -0.4 is 9.47 Å². The fourth-order valence-electron chi connectivity index (χ4n) is 4.35. The third kappa shape index (κ3) is 5.38. The highest BCUT2D eigenvalue weighted by Crippen LogP contribution is 2.36. The molecule has 0 spiro atoms. The Hall–Kier alpha value is -2.25. The lowest BCUT2D eigenvalue weighted by molar-refractivity contribution is 0.0474. The Bertz CT molecular complexity index is 935. The summed E-state index contributed by atoms with van der Waals surface area (Å²) in [4.78, 5) is 20.6. The van der Waals surface area contributed by atoms with Gasteiger partial charge in [0, 0.05) is 26.6 Å². The lowest BCUT2D eigenvalue weighted by Crippen LogP contribution is -2.42. The van der Waals surface area contributed by atoms with Crippen molar-refractivity contribution in [1.82, 2.24) is 14.8 Å². The second-order valence-corrected chi connectivity index (χ2v) is 9.25. The van der Waals surface area contributed by atoms with Gasteiger partial charge in [-0.25, -0.2) is 9.78 Å². The van der Waals surface area contributed by atoms with E-state index in [2.05, 4.69) is 16.0 Å². The van der Waals surface area contributed by atoms with Gasteiger partial charge in [0.25, 0.3) is 0 Å². The summed E-state index contributed by atoms with van der Waals surface area (Å²) in [5, 5.41) is 0.720. The first-order valence-electron chi connectivity index (χ1n) is 11.5. The first kappa shape index (κ1) is 22.9. The molecule has 0 N–H and O–H groups in total. The van der Waals surface area contributed by atoms with Crippen LogP contribution in [0.4, 0.5) is 4.79 Å². The topological polar surface area (TPSA) is 68.0 Å². The average molecular weight is 462 g/mol. The molecule has 1 aromatic carbocycles. The van der Waals surface area contributed by atoms with E-state index in [1.807, 2.05) is 19.1 Å². The number of carbonyl (C=O) groups excluding carboxylic acids is 1. The van der Waals surface area contributed by atoms with E-state index in [4.69, 9.17) is 25.5 Å². The van der Waals surface area contributed by atoms with E-state index in [9.17, 15) is 4.79 Å². The van der Waals surface area contributed by atoms with Crippen molar-refractivity contribution in [3.05, 3.63) is 40.4 Å². The SMILES string of the molecule is CCc1nc(C)c(OC(=O)N(C)CC2CC(Oc3cccc(CN4CCCC4)c3Cl)C2)o1. The summed E-state index contributed by atoms with van der Waals surface area (Å²) in [7, 11) is 1.74. The standard InChI is InChI=1S/C24H32ClN3O4/c1-4-21-26-16(2)23(31-21)32-24(29)27(3)14-17-12-19(13-17)30-20-9-7-8-18(22(20)25)15-28-10-5-6-11-28/h7-9,17,19H,4-6,10-15H2,1-3H3. The molecule has 2 aliphatic rings. The van der Waals surface area contributed by atoms with Gasteiger partial charge in [0.2, 0.25) is 0 Å². The number of halogens is 1. The second-order valence-electron chi connectivity index (χ2n) is 8.87. The molecule has 1 aliphatic carbocycles. The monoisotopic (exact) mass is 461 g/mol. The third-order valence-corrected chi connectivity index (χ3v) is 6.68. The van der Waals surface area contributed by atoms with Gasteiger partial charge in [0.05, 0.1) is 11.1 Å². The van der Waals surface area contributed by atoms with Crippen LogP contribution in [0.15, 0.2) is 22.6 Å². The van der Waals surface area contributed by atoms with Crippen molar-refractivity contribution in [3.63, 3.8) is 0 Å². The fourth-order valence-corrected chi connectivity index (χ4v) is 4.58. The van der Waals surface area contributed by atoms with E-state index >= 15 is 0 Å². The van der Waals surface area contributed by atoms with Crippen molar-refractivity contribution < 1.29 is 18.7 Å². The molecular formula is C24H32ClN3O4. The predicted octanol–water partition coefficient (Wildman–Crippen LogP) is 5.08. The predicted molar refractivity (Wildman–Crippen MR) is 122 cm³/mol. The Morgan fingerprint density at radius 3 is 2.75 bits per heavy atom. The van der Waals surface area contributed by atoms with Gasteiger partial charge in [-0.05, 0) is 63.2 Å². The zero-order chi connectivity index (χ0) is 22.7. The van der Waals surface area contributed by atoms with E-state index in [0.29, 0.717) is 30.5 Å². The molecule has 7 nitrogen and oxygen atoms in total. The summed E-state index contributed by atoms with van der Waals surface area (Å²) >= 11 is 6.64. The lowest BCUT2D eigenvalue weighted by atomic mass is 9.82. The van der Waals surface area contributed by atoms with Crippen LogP contribution >= 0.6 is 11.6 Å². The smallest absolute Gasteiger partial charge is 0.417 e. The Morgan fingerprint density at radius 1 is 1.31 bits per heavy atom. The third-order valence-electron chi connectivity index (χ3n) is 6.25.